The van der Waals surface area contributed by atoms with Crippen LogP contribution >= 0.6 is 23.4 Å². The van der Waals surface area contributed by atoms with Crippen LogP contribution in [0.3, 0.4) is 0 Å². The van der Waals surface area contributed by atoms with Gasteiger partial charge in [-0.05, 0) is 61.5 Å². The number of pyridine rings is 1. The van der Waals surface area contributed by atoms with Crippen molar-refractivity contribution in [1.82, 2.24) is 20.1 Å². The predicted octanol–water partition coefficient (Wildman–Crippen LogP) is 6.40. The van der Waals surface area contributed by atoms with Gasteiger partial charge in [0.15, 0.2) is 0 Å². The van der Waals surface area contributed by atoms with Crippen LogP contribution in [0, 0.1) is 6.92 Å². The van der Waals surface area contributed by atoms with Crippen LogP contribution in [0.15, 0.2) is 91.1 Å². The van der Waals surface area contributed by atoms with Crippen LogP contribution in [-0.4, -0.2) is 53.1 Å². The summed E-state index contributed by atoms with van der Waals surface area (Å²) in [7, 11) is 3.23. The molecule has 0 radical (unpaired) electrons. The molecule has 11 heteroatoms. The van der Waals surface area contributed by atoms with Crippen molar-refractivity contribution in [3.8, 4) is 28.4 Å². The SMILES string of the molecule is COc1ccc(OC)c([C@@H]2SCC(=O)N(CC(=O)NCc3ccccn3)c3c2c(-c2ccc(Cl)cc2)nn3-c2ccc(C)cc2)c1. The smallest absolute Gasteiger partial charge is 0.240 e. The number of nitrogens with one attached hydrogen (secondary N) is 1. The zero-order chi connectivity index (χ0) is 32.2. The van der Waals surface area contributed by atoms with Gasteiger partial charge < -0.3 is 14.8 Å². The molecule has 9 nitrogen and oxygen atoms in total. The molecule has 1 aliphatic rings. The maximum absolute atomic E-state index is 14.1. The van der Waals surface area contributed by atoms with Gasteiger partial charge in [0.25, 0.3) is 0 Å². The van der Waals surface area contributed by atoms with Crippen molar-refractivity contribution >= 4 is 41.0 Å². The number of aromatic nitrogens is 3. The molecule has 2 aromatic heterocycles. The minimum Gasteiger partial charge on any atom is -0.497 e. The number of methoxy groups -OCH3 is 2. The van der Waals surface area contributed by atoms with Crippen molar-refractivity contribution in [2.45, 2.75) is 18.7 Å². The van der Waals surface area contributed by atoms with E-state index in [4.69, 9.17) is 26.2 Å². The number of fused-ring (bicyclic) bond motifs is 1. The number of anilines is 1. The van der Waals surface area contributed by atoms with Crippen molar-refractivity contribution in [3.63, 3.8) is 0 Å². The fourth-order valence-corrected chi connectivity index (χ4v) is 6.73. The summed E-state index contributed by atoms with van der Waals surface area (Å²) >= 11 is 7.75. The summed E-state index contributed by atoms with van der Waals surface area (Å²) in [6.45, 7) is 2.04. The van der Waals surface area contributed by atoms with E-state index >= 15 is 0 Å². The molecule has 0 aliphatic carbocycles. The van der Waals surface area contributed by atoms with Gasteiger partial charge in [-0.25, -0.2) is 4.68 Å². The molecule has 0 saturated heterocycles. The van der Waals surface area contributed by atoms with Crippen LogP contribution in [-0.2, 0) is 16.1 Å². The number of carbonyl (C=O) groups is 2. The Morgan fingerprint density at radius 2 is 1.80 bits per heavy atom. The van der Waals surface area contributed by atoms with Gasteiger partial charge in [0.2, 0.25) is 11.8 Å². The number of carbonyl (C=O) groups excluding carboxylic acids is 2. The molecule has 1 N–H and O–H groups in total. The monoisotopic (exact) mass is 653 g/mol. The van der Waals surface area contributed by atoms with Gasteiger partial charge in [-0.15, -0.1) is 11.8 Å². The number of ether oxygens (including phenoxy) is 2. The Labute approximate surface area is 276 Å². The number of thioether (sulfide) groups is 1. The maximum atomic E-state index is 14.1. The van der Waals surface area contributed by atoms with E-state index < -0.39 is 5.25 Å². The lowest BCUT2D eigenvalue weighted by molar-refractivity contribution is -0.123. The van der Waals surface area contributed by atoms with Crippen LogP contribution in [0.4, 0.5) is 5.82 Å². The van der Waals surface area contributed by atoms with E-state index in [0.29, 0.717) is 33.7 Å². The zero-order valence-electron chi connectivity index (χ0n) is 25.6. The molecule has 6 rings (SSSR count). The zero-order valence-corrected chi connectivity index (χ0v) is 27.1. The number of benzene rings is 3. The summed E-state index contributed by atoms with van der Waals surface area (Å²) in [5, 5.41) is 8.25. The number of amides is 2. The second-order valence-electron chi connectivity index (χ2n) is 10.7. The maximum Gasteiger partial charge on any atom is 0.240 e. The molecular weight excluding hydrogens is 622 g/mol. The van der Waals surface area contributed by atoms with E-state index in [1.165, 1.54) is 16.7 Å². The second kappa shape index (κ2) is 13.7. The van der Waals surface area contributed by atoms with Crippen LogP contribution in [0.5, 0.6) is 11.5 Å². The fourth-order valence-electron chi connectivity index (χ4n) is 5.39. The molecule has 1 atom stereocenters. The molecule has 1 aliphatic heterocycles. The highest BCUT2D eigenvalue weighted by molar-refractivity contribution is 8.00. The minimum atomic E-state index is -0.407. The summed E-state index contributed by atoms with van der Waals surface area (Å²) in [5.41, 5.74) is 5.60. The molecule has 0 unspecified atom stereocenters. The van der Waals surface area contributed by atoms with E-state index in [0.717, 1.165) is 27.9 Å². The van der Waals surface area contributed by atoms with Gasteiger partial charge in [-0.3, -0.25) is 19.5 Å². The van der Waals surface area contributed by atoms with Crippen LogP contribution < -0.4 is 19.7 Å². The highest BCUT2D eigenvalue weighted by atomic mass is 35.5. The van der Waals surface area contributed by atoms with Gasteiger partial charge >= 0.3 is 0 Å². The molecular formula is C35H32ClN5O4S. The van der Waals surface area contributed by atoms with Crippen molar-refractivity contribution in [2.75, 3.05) is 31.4 Å². The quantitative estimate of drug-likeness (QED) is 0.197. The van der Waals surface area contributed by atoms with E-state index in [2.05, 4.69) is 10.3 Å². The Kier molecular flexibility index (Phi) is 9.28. The summed E-state index contributed by atoms with van der Waals surface area (Å²) in [6, 6.07) is 26.5. The van der Waals surface area contributed by atoms with Gasteiger partial charge in [0, 0.05) is 27.9 Å². The Morgan fingerprint density at radius 3 is 2.50 bits per heavy atom. The molecule has 2 amide bonds. The third kappa shape index (κ3) is 6.45. The first-order chi connectivity index (χ1) is 22.4. The summed E-state index contributed by atoms with van der Waals surface area (Å²) in [6.07, 6.45) is 1.68. The first-order valence-corrected chi connectivity index (χ1v) is 16.1. The molecule has 0 saturated carbocycles. The van der Waals surface area contributed by atoms with Crippen LogP contribution in [0.25, 0.3) is 16.9 Å². The largest absolute Gasteiger partial charge is 0.497 e. The van der Waals surface area contributed by atoms with Crippen LogP contribution in [0.1, 0.15) is 27.6 Å². The molecule has 46 heavy (non-hydrogen) atoms. The highest BCUT2D eigenvalue weighted by Crippen LogP contribution is 2.51. The molecule has 0 fully saturated rings. The molecule has 0 spiro atoms. The number of hydrogen-bond donors (Lipinski definition) is 1. The molecule has 3 aromatic carbocycles. The summed E-state index contributed by atoms with van der Waals surface area (Å²) in [5.74, 6) is 1.37. The van der Waals surface area contributed by atoms with E-state index in [1.54, 1.807) is 25.1 Å². The molecule has 0 bridgehead atoms. The first-order valence-electron chi connectivity index (χ1n) is 14.6. The van der Waals surface area contributed by atoms with Crippen LogP contribution in [0.2, 0.25) is 5.02 Å². The topological polar surface area (TPSA) is 98.6 Å². The Morgan fingerprint density at radius 1 is 1.02 bits per heavy atom. The fraction of sp³-hybridized carbons (Fsp3) is 0.200. The minimum absolute atomic E-state index is 0.112. The Bertz CT molecular complexity index is 1860. The Balaban J connectivity index is 1.56. The van der Waals surface area contributed by atoms with Gasteiger partial charge in [-0.2, -0.15) is 5.10 Å². The van der Waals surface area contributed by atoms with Crippen molar-refractivity contribution in [3.05, 3.63) is 119 Å². The average Bonchev–Trinajstić information content (AvgIpc) is 3.40. The lowest BCUT2D eigenvalue weighted by atomic mass is 9.98. The van der Waals surface area contributed by atoms with Gasteiger partial charge in [-0.1, -0.05) is 47.5 Å². The summed E-state index contributed by atoms with van der Waals surface area (Å²) in [4.78, 5) is 33.4. The van der Waals surface area contributed by atoms with Crippen molar-refractivity contribution in [1.29, 1.82) is 0 Å². The molecule has 234 valence electrons. The number of rotatable bonds is 9. The van der Waals surface area contributed by atoms with E-state index in [9.17, 15) is 9.59 Å². The van der Waals surface area contributed by atoms with Gasteiger partial charge in [0.05, 0.1) is 48.8 Å². The lowest BCUT2D eigenvalue weighted by Gasteiger charge is -2.23. The normalized spacial score (nSPS) is 14.4. The van der Waals surface area contributed by atoms with E-state index in [-0.39, 0.29) is 30.7 Å². The van der Waals surface area contributed by atoms with Crippen molar-refractivity contribution in [2.24, 2.45) is 0 Å². The third-order valence-electron chi connectivity index (χ3n) is 7.70. The van der Waals surface area contributed by atoms with E-state index in [1.807, 2.05) is 91.9 Å². The number of hydrogen-bond acceptors (Lipinski definition) is 7. The van der Waals surface area contributed by atoms with Crippen molar-refractivity contribution < 1.29 is 19.1 Å². The first kappa shape index (κ1) is 31.2. The molecule has 3 heterocycles. The number of nitrogens with zero attached hydrogens (tertiary/aromatic N) is 4. The second-order valence-corrected chi connectivity index (χ2v) is 12.2. The third-order valence-corrected chi connectivity index (χ3v) is 9.19. The molecule has 5 aromatic rings. The standard InChI is InChI=1S/C35H32ClN5O4S/c1-22-7-13-26(14-8-22)41-35-32(33(39-41)23-9-11-24(36)12-10-23)34(28-18-27(44-2)15-16-29(28)45-3)46-21-31(43)40(35)20-30(42)38-19-25-6-4-5-17-37-25/h4-18,34H,19-21H2,1-3H3,(H,38,42)/t34-/m0/s1. The number of halogens is 1. The highest BCUT2D eigenvalue weighted by Gasteiger charge is 2.39. The lowest BCUT2D eigenvalue weighted by Crippen LogP contribution is -2.42. The average molecular weight is 654 g/mol. The Hall–Kier alpha value is -4.80. The predicted molar refractivity (Wildman–Crippen MR) is 181 cm³/mol. The summed E-state index contributed by atoms with van der Waals surface area (Å²) < 4.78 is 13.2. The van der Waals surface area contributed by atoms with Gasteiger partial charge in [0.1, 0.15) is 23.9 Å². The number of aryl methyl sites for hydroxylation is 1.